The first-order valence-corrected chi connectivity index (χ1v) is 10.2. The maximum absolute atomic E-state index is 6.00. The lowest BCUT2D eigenvalue weighted by atomic mass is 10.3. The summed E-state index contributed by atoms with van der Waals surface area (Å²) in [4.78, 5) is 0. The third-order valence-corrected chi connectivity index (χ3v) is 8.39. The summed E-state index contributed by atoms with van der Waals surface area (Å²) >= 11 is 0. The quantitative estimate of drug-likeness (QED) is 0.636. The molecule has 3 aromatic rings. The van der Waals surface area contributed by atoms with Gasteiger partial charge in [-0.3, -0.25) is 0 Å². The van der Waals surface area contributed by atoms with Crippen LogP contribution in [0.4, 0.5) is 0 Å². The molecule has 0 unspecified atom stereocenters. The molecule has 1 nitrogen and oxygen atoms in total. The first-order chi connectivity index (χ1) is 11.8. The van der Waals surface area contributed by atoms with E-state index >= 15 is 0 Å². The van der Waals surface area contributed by atoms with Gasteiger partial charge in [0.25, 0.3) is 0 Å². The Balaban J connectivity index is 2.37. The van der Waals surface area contributed by atoms with Crippen LogP contribution in [-0.2, 0) is 0 Å². The molecule has 0 heterocycles. The van der Waals surface area contributed by atoms with Crippen molar-refractivity contribution < 1.29 is 4.74 Å². The molecule has 0 amide bonds. The van der Waals surface area contributed by atoms with E-state index in [1.54, 1.807) is 0 Å². The van der Waals surface area contributed by atoms with E-state index in [2.05, 4.69) is 97.6 Å². The van der Waals surface area contributed by atoms with Crippen LogP contribution in [-0.4, -0.2) is 12.4 Å². The number of para-hydroxylation sites is 1. The molecule has 2 heteroatoms. The topological polar surface area (TPSA) is 9.23 Å². The van der Waals surface area contributed by atoms with Gasteiger partial charge in [0, 0.05) is 5.30 Å². The van der Waals surface area contributed by atoms with Gasteiger partial charge < -0.3 is 4.74 Å². The first kappa shape index (κ1) is 16.6. The molecule has 3 rings (SSSR count). The van der Waals surface area contributed by atoms with Crippen molar-refractivity contribution in [1.29, 1.82) is 0 Å². The van der Waals surface area contributed by atoms with Gasteiger partial charge in [-0.05, 0) is 37.4 Å². The molecule has 0 N–H and O–H groups in total. The first-order valence-electron chi connectivity index (χ1n) is 8.35. The van der Waals surface area contributed by atoms with Crippen LogP contribution in [0.1, 0.15) is 13.8 Å². The molecule has 0 aliphatic rings. The van der Waals surface area contributed by atoms with Crippen LogP contribution >= 0.6 is 6.89 Å². The minimum atomic E-state index is -1.85. The standard InChI is InChI=1S/C22H23OP/c1-3-23-21-17-11-12-18-22(21)24(4-2,19-13-7-5-8-14-19)20-15-9-6-10-16-20/h4-18H,3H2,1-2H3. The highest BCUT2D eigenvalue weighted by atomic mass is 31.2. The van der Waals surface area contributed by atoms with Crippen LogP contribution in [0.25, 0.3) is 0 Å². The van der Waals surface area contributed by atoms with E-state index in [4.69, 9.17) is 4.74 Å². The van der Waals surface area contributed by atoms with Gasteiger partial charge in [-0.2, -0.15) is 0 Å². The summed E-state index contributed by atoms with van der Waals surface area (Å²) < 4.78 is 6.00. The third-order valence-electron chi connectivity index (χ3n) is 4.26. The number of hydrogen-bond acceptors (Lipinski definition) is 1. The number of rotatable bonds is 5. The summed E-state index contributed by atoms with van der Waals surface area (Å²) in [5.74, 6) is 3.37. The normalized spacial score (nSPS) is 11.1. The third kappa shape index (κ3) is 2.92. The highest BCUT2D eigenvalue weighted by molar-refractivity contribution is 7.94. The molecular formula is C22H23OP. The molecule has 0 spiro atoms. The molecule has 0 bridgehead atoms. The summed E-state index contributed by atoms with van der Waals surface area (Å²) in [5, 5.41) is 3.99. The van der Waals surface area contributed by atoms with Crippen molar-refractivity contribution in [2.24, 2.45) is 0 Å². The second kappa shape index (κ2) is 7.55. The Morgan fingerprint density at radius 1 is 0.750 bits per heavy atom. The van der Waals surface area contributed by atoms with Crippen LogP contribution in [0.3, 0.4) is 0 Å². The molecule has 24 heavy (non-hydrogen) atoms. The Morgan fingerprint density at radius 2 is 1.25 bits per heavy atom. The van der Waals surface area contributed by atoms with E-state index in [1.165, 1.54) is 15.9 Å². The fourth-order valence-electron chi connectivity index (χ4n) is 3.22. The van der Waals surface area contributed by atoms with Gasteiger partial charge in [-0.1, -0.05) is 84.7 Å². The molecule has 0 saturated carbocycles. The van der Waals surface area contributed by atoms with E-state index in [9.17, 15) is 0 Å². The molecule has 3 aromatic carbocycles. The van der Waals surface area contributed by atoms with Gasteiger partial charge in [-0.15, -0.1) is 0 Å². The van der Waals surface area contributed by atoms with E-state index in [0.717, 1.165) is 5.75 Å². The fourth-order valence-corrected chi connectivity index (χ4v) is 7.04. The highest BCUT2D eigenvalue weighted by Crippen LogP contribution is 2.46. The zero-order chi connectivity index (χ0) is 16.8. The summed E-state index contributed by atoms with van der Waals surface area (Å²) in [5.41, 5.74) is 0. The molecule has 0 radical (unpaired) electrons. The monoisotopic (exact) mass is 334 g/mol. The second-order valence-electron chi connectivity index (χ2n) is 5.55. The van der Waals surface area contributed by atoms with Gasteiger partial charge in [-0.25, -0.2) is 0 Å². The van der Waals surface area contributed by atoms with Crippen LogP contribution in [0.15, 0.2) is 84.9 Å². The lowest BCUT2D eigenvalue weighted by molar-refractivity contribution is 0.343. The lowest BCUT2D eigenvalue weighted by Crippen LogP contribution is -2.27. The minimum Gasteiger partial charge on any atom is -0.493 e. The maximum Gasteiger partial charge on any atom is 0.127 e. The van der Waals surface area contributed by atoms with Crippen molar-refractivity contribution in [2.75, 3.05) is 6.61 Å². The van der Waals surface area contributed by atoms with Gasteiger partial charge in [0.1, 0.15) is 5.75 Å². The molecule has 0 saturated heterocycles. The molecule has 0 aliphatic carbocycles. The van der Waals surface area contributed by atoms with Crippen molar-refractivity contribution in [3.05, 3.63) is 84.9 Å². The van der Waals surface area contributed by atoms with Crippen LogP contribution in [0, 0.1) is 0 Å². The molecule has 0 aliphatic heterocycles. The summed E-state index contributed by atoms with van der Waals surface area (Å²) in [7, 11) is 0. The van der Waals surface area contributed by atoms with Crippen molar-refractivity contribution in [3.63, 3.8) is 0 Å². The predicted octanol–water partition coefficient (Wildman–Crippen LogP) is 4.20. The Labute approximate surface area is 144 Å². The predicted molar refractivity (Wildman–Crippen MR) is 108 cm³/mol. The van der Waals surface area contributed by atoms with Crippen molar-refractivity contribution in [3.8, 4) is 5.75 Å². The average molecular weight is 334 g/mol. The van der Waals surface area contributed by atoms with E-state index in [1.807, 2.05) is 6.92 Å². The van der Waals surface area contributed by atoms with E-state index < -0.39 is 6.89 Å². The molecule has 0 aromatic heterocycles. The van der Waals surface area contributed by atoms with Crippen LogP contribution in [0.5, 0.6) is 5.75 Å². The van der Waals surface area contributed by atoms with Gasteiger partial charge in [0.2, 0.25) is 0 Å². The zero-order valence-electron chi connectivity index (χ0n) is 14.2. The largest absolute Gasteiger partial charge is 0.493 e. The number of hydrogen-bond donors (Lipinski definition) is 0. The zero-order valence-corrected chi connectivity index (χ0v) is 15.1. The second-order valence-corrected chi connectivity index (χ2v) is 9.03. The smallest absolute Gasteiger partial charge is 0.127 e. The van der Waals surface area contributed by atoms with Crippen molar-refractivity contribution in [1.82, 2.24) is 0 Å². The Bertz CT molecular complexity index is 795. The van der Waals surface area contributed by atoms with Crippen molar-refractivity contribution in [2.45, 2.75) is 13.8 Å². The molecule has 0 atom stereocenters. The average Bonchev–Trinajstić information content (AvgIpc) is 2.66. The number of benzene rings is 3. The van der Waals surface area contributed by atoms with E-state index in [-0.39, 0.29) is 0 Å². The van der Waals surface area contributed by atoms with Crippen LogP contribution in [0.2, 0.25) is 0 Å². The molecule has 0 fully saturated rings. The maximum atomic E-state index is 6.00. The molecule has 122 valence electrons. The Morgan fingerprint density at radius 3 is 1.75 bits per heavy atom. The molecular weight excluding hydrogens is 311 g/mol. The highest BCUT2D eigenvalue weighted by Gasteiger charge is 2.26. The van der Waals surface area contributed by atoms with Gasteiger partial charge in [0.15, 0.2) is 0 Å². The van der Waals surface area contributed by atoms with Crippen molar-refractivity contribution >= 4 is 28.6 Å². The summed E-state index contributed by atoms with van der Waals surface area (Å²) in [6.45, 7) is 3.04. The fraction of sp³-hybridized carbons (Fsp3) is 0.136. The Kier molecular flexibility index (Phi) is 5.23. The van der Waals surface area contributed by atoms with Gasteiger partial charge in [0.05, 0.1) is 6.61 Å². The summed E-state index contributed by atoms with van der Waals surface area (Å²) in [6, 6.07) is 30.1. The number of ether oxygens (including phenoxy) is 1. The van der Waals surface area contributed by atoms with Crippen LogP contribution < -0.4 is 20.7 Å². The SMILES string of the molecule is CC=P(c1ccccc1)(c1ccccc1)c1ccccc1OCC. The lowest BCUT2D eigenvalue weighted by Gasteiger charge is -2.29. The summed E-state index contributed by atoms with van der Waals surface area (Å²) in [6.07, 6.45) is 0. The minimum absolute atomic E-state index is 0.671. The van der Waals surface area contributed by atoms with E-state index in [0.29, 0.717) is 6.61 Å². The van der Waals surface area contributed by atoms with Gasteiger partial charge >= 0.3 is 0 Å². The Hall–Kier alpha value is -2.24.